The first-order valence-corrected chi connectivity index (χ1v) is 10.3. The van der Waals surface area contributed by atoms with Crippen LogP contribution in [0.5, 0.6) is 17.2 Å². The predicted molar refractivity (Wildman–Crippen MR) is 113 cm³/mol. The highest BCUT2D eigenvalue weighted by molar-refractivity contribution is 9.11. The molecule has 1 heterocycles. The molecule has 3 N–H and O–H groups in total. The zero-order valence-corrected chi connectivity index (χ0v) is 18.6. The van der Waals surface area contributed by atoms with Crippen LogP contribution >= 0.6 is 27.3 Å². The Morgan fingerprint density at radius 1 is 1.17 bits per heavy atom. The third-order valence-electron chi connectivity index (χ3n) is 3.85. The number of thiophene rings is 1. The summed E-state index contributed by atoms with van der Waals surface area (Å²) >= 11 is 4.56. The molecule has 29 heavy (non-hydrogen) atoms. The molecule has 0 saturated heterocycles. The fourth-order valence-corrected chi connectivity index (χ4v) is 3.63. The predicted octanol–water partition coefficient (Wildman–Crippen LogP) is 2.20. The van der Waals surface area contributed by atoms with Gasteiger partial charge >= 0.3 is 0 Å². The number of halogens is 1. The Balaban J connectivity index is 1.80. The van der Waals surface area contributed by atoms with Gasteiger partial charge in [0.1, 0.15) is 18.8 Å². The minimum absolute atomic E-state index is 0.0406. The first-order chi connectivity index (χ1) is 13.8. The van der Waals surface area contributed by atoms with E-state index < -0.39 is 18.1 Å². The molecular formula is C19H23BrN2O6S. The summed E-state index contributed by atoms with van der Waals surface area (Å²) in [4.78, 5) is 24.8. The maximum atomic E-state index is 12.2. The van der Waals surface area contributed by atoms with Crippen molar-refractivity contribution in [3.8, 4) is 17.2 Å². The molecule has 10 heteroatoms. The Hall–Kier alpha value is -2.30. The molecule has 0 aliphatic carbocycles. The minimum atomic E-state index is -0.968. The van der Waals surface area contributed by atoms with E-state index in [9.17, 15) is 14.7 Å². The third-order valence-corrected chi connectivity index (χ3v) is 5.47. The SMILES string of the molecule is COc1cccc(OC)c1OCC(O)CNC(=O)C(C)NC(=O)c1ccc(Br)s1. The van der Waals surface area contributed by atoms with Gasteiger partial charge in [0, 0.05) is 6.54 Å². The molecule has 1 aromatic heterocycles. The van der Waals surface area contributed by atoms with Crippen molar-refractivity contribution in [3.05, 3.63) is 39.0 Å². The number of methoxy groups -OCH3 is 2. The van der Waals surface area contributed by atoms with Crippen LogP contribution in [0.3, 0.4) is 0 Å². The summed E-state index contributed by atoms with van der Waals surface area (Å²) in [6.45, 7) is 1.44. The summed E-state index contributed by atoms with van der Waals surface area (Å²) in [6.07, 6.45) is -0.968. The normalized spacial score (nSPS) is 12.6. The smallest absolute Gasteiger partial charge is 0.262 e. The molecule has 0 aliphatic heterocycles. The van der Waals surface area contributed by atoms with E-state index in [1.54, 1.807) is 37.3 Å². The van der Waals surface area contributed by atoms with E-state index in [0.29, 0.717) is 22.1 Å². The van der Waals surface area contributed by atoms with E-state index in [-0.39, 0.29) is 19.1 Å². The van der Waals surface area contributed by atoms with Crippen molar-refractivity contribution in [2.45, 2.75) is 19.1 Å². The van der Waals surface area contributed by atoms with Crippen molar-refractivity contribution in [2.24, 2.45) is 0 Å². The Bertz CT molecular complexity index is 822. The summed E-state index contributed by atoms with van der Waals surface area (Å²) in [5.74, 6) is 0.554. The molecule has 0 spiro atoms. The molecule has 2 atom stereocenters. The van der Waals surface area contributed by atoms with E-state index >= 15 is 0 Å². The van der Waals surface area contributed by atoms with Crippen molar-refractivity contribution in [2.75, 3.05) is 27.4 Å². The molecular weight excluding hydrogens is 464 g/mol. The standard InChI is InChI=1S/C19H23BrN2O6S/c1-11(22-19(25)15-7-8-16(20)29-15)18(24)21-9-12(23)10-28-17-13(26-2)5-4-6-14(17)27-3/h4-8,11-12,23H,9-10H2,1-3H3,(H,21,24)(H,22,25). The number of amides is 2. The fraction of sp³-hybridized carbons (Fsp3) is 0.368. The number of carbonyl (C=O) groups excluding carboxylic acids is 2. The van der Waals surface area contributed by atoms with Crippen LogP contribution in [0, 0.1) is 0 Å². The molecule has 2 aromatic rings. The number of aliphatic hydroxyl groups excluding tert-OH is 1. The number of nitrogens with one attached hydrogen (secondary N) is 2. The van der Waals surface area contributed by atoms with E-state index in [2.05, 4.69) is 26.6 Å². The molecule has 2 unspecified atom stereocenters. The van der Waals surface area contributed by atoms with Gasteiger partial charge in [0.2, 0.25) is 11.7 Å². The third kappa shape index (κ3) is 6.62. The molecule has 0 bridgehead atoms. The van der Waals surface area contributed by atoms with Crippen LogP contribution in [-0.2, 0) is 4.79 Å². The van der Waals surface area contributed by atoms with E-state index in [1.165, 1.54) is 25.6 Å². The number of carbonyl (C=O) groups is 2. The summed E-state index contributed by atoms with van der Waals surface area (Å²) in [6, 6.07) is 7.85. The van der Waals surface area contributed by atoms with Gasteiger partial charge in [-0.3, -0.25) is 9.59 Å². The fourth-order valence-electron chi connectivity index (χ4n) is 2.34. The Morgan fingerprint density at radius 2 is 1.83 bits per heavy atom. The number of hydrogen-bond acceptors (Lipinski definition) is 7. The Labute approximate surface area is 181 Å². The van der Waals surface area contributed by atoms with Crippen LogP contribution in [0.15, 0.2) is 34.1 Å². The van der Waals surface area contributed by atoms with E-state index in [1.807, 2.05) is 0 Å². The van der Waals surface area contributed by atoms with Gasteiger partial charge in [-0.2, -0.15) is 0 Å². The number of aliphatic hydroxyl groups is 1. The number of rotatable bonds is 10. The second-order valence-corrected chi connectivity index (χ2v) is 8.46. The van der Waals surface area contributed by atoms with E-state index in [0.717, 1.165) is 3.79 Å². The zero-order valence-electron chi connectivity index (χ0n) is 16.2. The largest absolute Gasteiger partial charge is 0.493 e. The van der Waals surface area contributed by atoms with Crippen molar-refractivity contribution < 1.29 is 28.9 Å². The summed E-state index contributed by atoms with van der Waals surface area (Å²) in [5.41, 5.74) is 0. The highest BCUT2D eigenvalue weighted by Gasteiger charge is 2.19. The number of para-hydroxylation sites is 1. The van der Waals surface area contributed by atoms with Gasteiger partial charge in [0.25, 0.3) is 5.91 Å². The van der Waals surface area contributed by atoms with Crippen molar-refractivity contribution in [1.29, 1.82) is 0 Å². The first kappa shape index (κ1) is 23.0. The van der Waals surface area contributed by atoms with Crippen LogP contribution in [0.2, 0.25) is 0 Å². The maximum Gasteiger partial charge on any atom is 0.262 e. The molecule has 2 amide bonds. The molecule has 2 rings (SSSR count). The molecule has 158 valence electrons. The van der Waals surface area contributed by atoms with Crippen LogP contribution in [0.25, 0.3) is 0 Å². The van der Waals surface area contributed by atoms with Crippen LogP contribution in [-0.4, -0.2) is 56.4 Å². The topological polar surface area (TPSA) is 106 Å². The van der Waals surface area contributed by atoms with Gasteiger partial charge < -0.3 is 30.0 Å². The van der Waals surface area contributed by atoms with Crippen molar-refractivity contribution in [1.82, 2.24) is 10.6 Å². The zero-order chi connectivity index (χ0) is 21.4. The van der Waals surface area contributed by atoms with Gasteiger partial charge in [-0.05, 0) is 47.1 Å². The average molecular weight is 487 g/mol. The molecule has 8 nitrogen and oxygen atoms in total. The lowest BCUT2D eigenvalue weighted by atomic mass is 10.2. The Kier molecular flexibility index (Phi) is 8.74. The van der Waals surface area contributed by atoms with Gasteiger partial charge in [-0.25, -0.2) is 0 Å². The van der Waals surface area contributed by atoms with Gasteiger partial charge in [0.15, 0.2) is 11.5 Å². The van der Waals surface area contributed by atoms with Crippen molar-refractivity contribution in [3.63, 3.8) is 0 Å². The van der Waals surface area contributed by atoms with Crippen molar-refractivity contribution >= 4 is 39.1 Å². The van der Waals surface area contributed by atoms with Gasteiger partial charge in [-0.15, -0.1) is 11.3 Å². The molecule has 1 aromatic carbocycles. The molecule has 0 radical (unpaired) electrons. The van der Waals surface area contributed by atoms with Gasteiger partial charge in [-0.1, -0.05) is 6.07 Å². The molecule has 0 saturated carbocycles. The van der Waals surface area contributed by atoms with Crippen LogP contribution in [0.1, 0.15) is 16.6 Å². The monoisotopic (exact) mass is 486 g/mol. The highest BCUT2D eigenvalue weighted by atomic mass is 79.9. The van der Waals surface area contributed by atoms with Crippen LogP contribution in [0.4, 0.5) is 0 Å². The first-order valence-electron chi connectivity index (χ1n) is 8.71. The summed E-state index contributed by atoms with van der Waals surface area (Å²) in [5, 5.41) is 15.3. The lowest BCUT2D eigenvalue weighted by Gasteiger charge is -2.18. The lowest BCUT2D eigenvalue weighted by molar-refractivity contribution is -0.123. The molecule has 0 fully saturated rings. The highest BCUT2D eigenvalue weighted by Crippen LogP contribution is 2.36. The Morgan fingerprint density at radius 3 is 2.38 bits per heavy atom. The lowest BCUT2D eigenvalue weighted by Crippen LogP contribution is -2.47. The number of hydrogen-bond donors (Lipinski definition) is 3. The average Bonchev–Trinajstić information content (AvgIpc) is 3.16. The van der Waals surface area contributed by atoms with Crippen LogP contribution < -0.4 is 24.8 Å². The maximum absolute atomic E-state index is 12.2. The molecule has 0 aliphatic rings. The van der Waals surface area contributed by atoms with E-state index in [4.69, 9.17) is 14.2 Å². The number of ether oxygens (including phenoxy) is 3. The number of benzene rings is 1. The van der Waals surface area contributed by atoms with Gasteiger partial charge in [0.05, 0.1) is 22.9 Å². The quantitative estimate of drug-likeness (QED) is 0.475. The minimum Gasteiger partial charge on any atom is -0.493 e. The second-order valence-electron chi connectivity index (χ2n) is 6.00. The second kappa shape index (κ2) is 11.0. The summed E-state index contributed by atoms with van der Waals surface area (Å²) in [7, 11) is 3.01. The summed E-state index contributed by atoms with van der Waals surface area (Å²) < 4.78 is 16.9.